The summed E-state index contributed by atoms with van der Waals surface area (Å²) in [7, 11) is 0. The van der Waals surface area contributed by atoms with Crippen LogP contribution in [0.5, 0.6) is 0 Å². The number of rotatable bonds is 5. The Kier molecular flexibility index (Phi) is 4.33. The minimum Gasteiger partial charge on any atom is -0.354 e. The highest BCUT2D eigenvalue weighted by molar-refractivity contribution is 7.09. The van der Waals surface area contributed by atoms with Gasteiger partial charge in [-0.25, -0.2) is 4.98 Å². The molecular formula is C18H22N4O2S. The maximum atomic E-state index is 12.7. The van der Waals surface area contributed by atoms with Crippen molar-refractivity contribution < 1.29 is 9.59 Å². The monoisotopic (exact) mass is 358 g/mol. The summed E-state index contributed by atoms with van der Waals surface area (Å²) in [5.74, 6) is 0.739. The highest BCUT2D eigenvalue weighted by atomic mass is 32.1. The zero-order chi connectivity index (χ0) is 17.4. The van der Waals surface area contributed by atoms with Crippen molar-refractivity contribution in [3.05, 3.63) is 40.6 Å². The first kappa shape index (κ1) is 16.3. The van der Waals surface area contributed by atoms with E-state index < -0.39 is 6.04 Å². The Hall–Kier alpha value is -2.15. The first-order chi connectivity index (χ1) is 12.1. The Morgan fingerprint density at radius 1 is 1.44 bits per heavy atom. The van der Waals surface area contributed by atoms with E-state index >= 15 is 0 Å². The molecule has 1 N–H and O–H groups in total. The van der Waals surface area contributed by atoms with Crippen molar-refractivity contribution in [2.45, 2.75) is 32.4 Å². The van der Waals surface area contributed by atoms with Crippen molar-refractivity contribution in [2.75, 3.05) is 13.1 Å². The zero-order valence-electron chi connectivity index (χ0n) is 14.2. The minimum atomic E-state index is -0.396. The normalized spacial score (nSPS) is 24.7. The minimum absolute atomic E-state index is 0.0443. The molecule has 1 fully saturated rings. The summed E-state index contributed by atoms with van der Waals surface area (Å²) in [5, 5.41) is 5.06. The zero-order valence-corrected chi connectivity index (χ0v) is 15.0. The van der Waals surface area contributed by atoms with E-state index in [-0.39, 0.29) is 17.7 Å². The van der Waals surface area contributed by atoms with Crippen molar-refractivity contribution in [3.63, 3.8) is 0 Å². The van der Waals surface area contributed by atoms with E-state index in [0.29, 0.717) is 25.6 Å². The molecule has 1 aliphatic heterocycles. The molecule has 0 spiro atoms. The maximum absolute atomic E-state index is 12.7. The number of amides is 2. The number of nitrogens with one attached hydrogen (secondary N) is 1. The second-order valence-corrected chi connectivity index (χ2v) is 8.00. The molecule has 0 aromatic carbocycles. The van der Waals surface area contributed by atoms with Crippen LogP contribution in [-0.4, -0.2) is 39.4 Å². The Labute approximate surface area is 150 Å². The fourth-order valence-corrected chi connectivity index (χ4v) is 4.16. The summed E-state index contributed by atoms with van der Waals surface area (Å²) < 4.78 is 1.90. The molecule has 1 aliphatic carbocycles. The fraction of sp³-hybridized carbons (Fsp3) is 0.500. The van der Waals surface area contributed by atoms with Gasteiger partial charge in [-0.2, -0.15) is 0 Å². The van der Waals surface area contributed by atoms with Gasteiger partial charge >= 0.3 is 0 Å². The molecule has 3 atom stereocenters. The number of hydrogen-bond acceptors (Lipinski definition) is 4. The number of carbonyl (C=O) groups is 2. The predicted molar refractivity (Wildman–Crippen MR) is 95.0 cm³/mol. The van der Waals surface area contributed by atoms with Crippen LogP contribution in [0.3, 0.4) is 0 Å². The molecule has 7 heteroatoms. The average Bonchev–Trinajstić information content (AvgIpc) is 3.03. The van der Waals surface area contributed by atoms with Gasteiger partial charge in [0.2, 0.25) is 11.8 Å². The Morgan fingerprint density at radius 2 is 2.28 bits per heavy atom. The second kappa shape index (κ2) is 6.63. The molecule has 3 heterocycles. The van der Waals surface area contributed by atoms with Crippen LogP contribution in [0.4, 0.5) is 0 Å². The van der Waals surface area contributed by atoms with Gasteiger partial charge in [-0.1, -0.05) is 13.0 Å². The average molecular weight is 358 g/mol. The van der Waals surface area contributed by atoms with Crippen LogP contribution in [0.1, 0.15) is 30.0 Å². The van der Waals surface area contributed by atoms with Gasteiger partial charge in [-0.05, 0) is 30.2 Å². The highest BCUT2D eigenvalue weighted by Gasteiger charge is 2.43. The van der Waals surface area contributed by atoms with Crippen LogP contribution in [0.15, 0.2) is 30.0 Å². The molecule has 0 unspecified atom stereocenters. The quantitative estimate of drug-likeness (QED) is 0.887. The number of nitrogens with zero attached hydrogens (tertiary/aromatic N) is 3. The van der Waals surface area contributed by atoms with Crippen molar-refractivity contribution in [2.24, 2.45) is 11.8 Å². The standard InChI is InChI=1S/C18H22N4O2S/c1-12-7-15(12)18(24)21-9-13-8-19-11-22(13)16(10-21)17(23)20-5-4-14-3-2-6-25-14/h2-3,6,8,11-12,15-16H,4-5,7,9-10H2,1H3,(H,20,23)/t12-,15+,16-/m1/s1. The topological polar surface area (TPSA) is 67.2 Å². The van der Waals surface area contributed by atoms with Gasteiger partial charge in [-0.3, -0.25) is 9.59 Å². The SMILES string of the molecule is C[C@@H]1C[C@@H]1C(=O)N1Cc2cncn2[C@@H](C(=O)NCCc2cccs2)C1. The lowest BCUT2D eigenvalue weighted by Crippen LogP contribution is -2.47. The molecule has 6 nitrogen and oxygen atoms in total. The van der Waals surface area contributed by atoms with Crippen LogP contribution < -0.4 is 5.32 Å². The van der Waals surface area contributed by atoms with Gasteiger partial charge in [0.25, 0.3) is 0 Å². The Bertz CT molecular complexity index is 770. The third-order valence-electron chi connectivity index (χ3n) is 5.12. The number of imidazole rings is 1. The fourth-order valence-electron chi connectivity index (χ4n) is 3.45. The van der Waals surface area contributed by atoms with Crippen molar-refractivity contribution in [1.82, 2.24) is 19.8 Å². The van der Waals surface area contributed by atoms with Gasteiger partial charge in [0.05, 0.1) is 25.1 Å². The molecule has 2 aromatic rings. The molecule has 0 radical (unpaired) electrons. The van der Waals surface area contributed by atoms with Crippen LogP contribution in [0.25, 0.3) is 0 Å². The molecule has 0 saturated heterocycles. The van der Waals surface area contributed by atoms with E-state index in [4.69, 9.17) is 0 Å². The second-order valence-electron chi connectivity index (χ2n) is 6.97. The molecule has 2 aliphatic rings. The van der Waals surface area contributed by atoms with Gasteiger partial charge in [0.15, 0.2) is 0 Å². The van der Waals surface area contributed by atoms with Gasteiger partial charge in [-0.15, -0.1) is 11.3 Å². The molecule has 132 valence electrons. The molecule has 25 heavy (non-hydrogen) atoms. The summed E-state index contributed by atoms with van der Waals surface area (Å²) >= 11 is 1.70. The van der Waals surface area contributed by atoms with Crippen LogP contribution in [-0.2, 0) is 22.6 Å². The number of fused-ring (bicyclic) bond motifs is 1. The summed E-state index contributed by atoms with van der Waals surface area (Å²) in [4.78, 5) is 32.6. The summed E-state index contributed by atoms with van der Waals surface area (Å²) in [6.45, 7) is 3.68. The molecule has 1 saturated carbocycles. The third-order valence-corrected chi connectivity index (χ3v) is 6.06. The molecule has 0 bridgehead atoms. The Balaban J connectivity index is 1.42. The first-order valence-electron chi connectivity index (χ1n) is 8.73. The van der Waals surface area contributed by atoms with Crippen LogP contribution in [0, 0.1) is 11.8 Å². The maximum Gasteiger partial charge on any atom is 0.244 e. The van der Waals surface area contributed by atoms with E-state index in [2.05, 4.69) is 23.3 Å². The smallest absolute Gasteiger partial charge is 0.244 e. The summed E-state index contributed by atoms with van der Waals surface area (Å²) in [6.07, 6.45) is 5.24. The summed E-state index contributed by atoms with van der Waals surface area (Å²) in [5.41, 5.74) is 0.923. The number of carbonyl (C=O) groups excluding carboxylic acids is 2. The van der Waals surface area contributed by atoms with E-state index in [0.717, 1.165) is 18.5 Å². The molecular weight excluding hydrogens is 336 g/mol. The molecule has 4 rings (SSSR count). The van der Waals surface area contributed by atoms with E-state index in [1.807, 2.05) is 20.9 Å². The number of thiophene rings is 1. The van der Waals surface area contributed by atoms with Crippen LogP contribution >= 0.6 is 11.3 Å². The predicted octanol–water partition coefficient (Wildman–Crippen LogP) is 1.84. The van der Waals surface area contributed by atoms with Gasteiger partial charge in [0.1, 0.15) is 6.04 Å². The number of hydrogen-bond donors (Lipinski definition) is 1. The van der Waals surface area contributed by atoms with Gasteiger partial charge < -0.3 is 14.8 Å². The molecule has 2 amide bonds. The Morgan fingerprint density at radius 3 is 3.00 bits per heavy atom. The lowest BCUT2D eigenvalue weighted by atomic mass is 10.1. The third kappa shape index (κ3) is 3.33. The van der Waals surface area contributed by atoms with Crippen LogP contribution in [0.2, 0.25) is 0 Å². The largest absolute Gasteiger partial charge is 0.354 e. The van der Waals surface area contributed by atoms with Crippen molar-refractivity contribution >= 4 is 23.2 Å². The van der Waals surface area contributed by atoms with Crippen molar-refractivity contribution in [1.29, 1.82) is 0 Å². The molecule has 2 aromatic heterocycles. The lowest BCUT2D eigenvalue weighted by molar-refractivity contribution is -0.136. The van der Waals surface area contributed by atoms with Gasteiger partial charge in [0, 0.05) is 23.5 Å². The summed E-state index contributed by atoms with van der Waals surface area (Å²) in [6, 6.07) is 3.69. The first-order valence-corrected chi connectivity index (χ1v) is 9.61. The highest BCUT2D eigenvalue weighted by Crippen LogP contribution is 2.40. The lowest BCUT2D eigenvalue weighted by Gasteiger charge is -2.34. The van der Waals surface area contributed by atoms with E-state index in [9.17, 15) is 9.59 Å². The van der Waals surface area contributed by atoms with E-state index in [1.54, 1.807) is 23.9 Å². The number of aromatic nitrogens is 2. The van der Waals surface area contributed by atoms with Crippen molar-refractivity contribution in [3.8, 4) is 0 Å². The van der Waals surface area contributed by atoms with E-state index in [1.165, 1.54) is 4.88 Å².